The molecule has 0 aliphatic carbocycles. The minimum Gasteiger partial charge on any atom is -0.477 e. The molecule has 3 heterocycles. The average molecular weight is 289 g/mol. The monoisotopic (exact) mass is 289 g/mol. The number of likely N-dealkylation sites (tertiary alicyclic amines) is 2. The van der Waals surface area contributed by atoms with Crippen LogP contribution < -0.4 is 0 Å². The van der Waals surface area contributed by atoms with Crippen molar-refractivity contribution >= 4 is 5.97 Å². The molecule has 0 spiro atoms. The van der Waals surface area contributed by atoms with Gasteiger partial charge in [-0.05, 0) is 38.4 Å². The van der Waals surface area contributed by atoms with E-state index >= 15 is 0 Å². The van der Waals surface area contributed by atoms with E-state index in [1.165, 1.54) is 25.8 Å². The van der Waals surface area contributed by atoms with Crippen LogP contribution in [0.15, 0.2) is 18.2 Å². The lowest BCUT2D eigenvalue weighted by atomic mass is 9.97. The van der Waals surface area contributed by atoms with Gasteiger partial charge in [0.25, 0.3) is 0 Å². The minimum absolute atomic E-state index is 0.134. The van der Waals surface area contributed by atoms with E-state index in [9.17, 15) is 4.79 Å². The van der Waals surface area contributed by atoms with Gasteiger partial charge >= 0.3 is 5.97 Å². The van der Waals surface area contributed by atoms with Crippen molar-refractivity contribution in [2.75, 3.05) is 19.6 Å². The van der Waals surface area contributed by atoms with Crippen LogP contribution in [0.2, 0.25) is 0 Å². The molecule has 2 aliphatic heterocycles. The van der Waals surface area contributed by atoms with Crippen LogP contribution in [0.4, 0.5) is 0 Å². The zero-order chi connectivity index (χ0) is 14.8. The summed E-state index contributed by atoms with van der Waals surface area (Å²) in [6, 6.07) is 6.60. The second kappa shape index (κ2) is 6.12. The second-order valence-corrected chi connectivity index (χ2v) is 6.25. The molecule has 0 radical (unpaired) electrons. The Morgan fingerprint density at radius 3 is 2.90 bits per heavy atom. The maximum absolute atomic E-state index is 10.9. The van der Waals surface area contributed by atoms with Crippen molar-refractivity contribution in [1.29, 1.82) is 0 Å². The van der Waals surface area contributed by atoms with Gasteiger partial charge < -0.3 is 5.11 Å². The molecular formula is C16H23N3O2. The molecule has 0 saturated carbocycles. The van der Waals surface area contributed by atoms with Crippen molar-refractivity contribution in [3.8, 4) is 0 Å². The molecule has 2 aliphatic rings. The minimum atomic E-state index is -0.958. The van der Waals surface area contributed by atoms with Crippen LogP contribution in [0.1, 0.15) is 42.4 Å². The molecule has 0 aromatic carbocycles. The summed E-state index contributed by atoms with van der Waals surface area (Å²) in [6.07, 6.45) is 4.00. The zero-order valence-electron chi connectivity index (χ0n) is 12.5. The summed E-state index contributed by atoms with van der Waals surface area (Å²) in [5.41, 5.74) is 0.981. The number of nitrogens with zero attached hydrogens (tertiary/aromatic N) is 3. The molecule has 21 heavy (non-hydrogen) atoms. The number of hydrogen-bond donors (Lipinski definition) is 1. The Morgan fingerprint density at radius 1 is 1.38 bits per heavy atom. The Bertz CT molecular complexity index is 514. The molecule has 3 rings (SSSR count). The van der Waals surface area contributed by atoms with Gasteiger partial charge in [0.2, 0.25) is 0 Å². The normalized spacial score (nSPS) is 24.7. The van der Waals surface area contributed by atoms with Crippen LogP contribution in [0.3, 0.4) is 0 Å². The Balaban J connectivity index is 1.52. The lowest BCUT2D eigenvalue weighted by molar-refractivity contribution is -0.00677. The van der Waals surface area contributed by atoms with Crippen LogP contribution in [-0.2, 0) is 6.54 Å². The number of carboxylic acids is 1. The average Bonchev–Trinajstić information content (AvgIpc) is 2.44. The van der Waals surface area contributed by atoms with Crippen LogP contribution in [0.5, 0.6) is 0 Å². The highest BCUT2D eigenvalue weighted by Crippen LogP contribution is 2.25. The number of carboxylic acid groups (broad SMARTS) is 1. The first-order valence-electron chi connectivity index (χ1n) is 7.81. The Morgan fingerprint density at radius 2 is 2.19 bits per heavy atom. The fraction of sp³-hybridized carbons (Fsp3) is 0.625. The lowest BCUT2D eigenvalue weighted by Crippen LogP contribution is -2.61. The smallest absolute Gasteiger partial charge is 0.354 e. The highest BCUT2D eigenvalue weighted by molar-refractivity contribution is 5.85. The topological polar surface area (TPSA) is 56.7 Å². The Labute approximate surface area is 125 Å². The van der Waals surface area contributed by atoms with Crippen molar-refractivity contribution in [1.82, 2.24) is 14.8 Å². The van der Waals surface area contributed by atoms with Gasteiger partial charge in [0.1, 0.15) is 5.69 Å². The molecule has 1 aromatic heterocycles. The summed E-state index contributed by atoms with van der Waals surface area (Å²) in [4.78, 5) is 20.1. The molecule has 5 heteroatoms. The molecular weight excluding hydrogens is 266 g/mol. The van der Waals surface area contributed by atoms with Gasteiger partial charge in [0, 0.05) is 31.7 Å². The van der Waals surface area contributed by atoms with Crippen LogP contribution >= 0.6 is 0 Å². The first-order valence-corrected chi connectivity index (χ1v) is 7.81. The predicted molar refractivity (Wildman–Crippen MR) is 80.3 cm³/mol. The number of rotatable bonds is 4. The molecule has 114 valence electrons. The quantitative estimate of drug-likeness (QED) is 0.916. The van der Waals surface area contributed by atoms with Crippen LogP contribution in [-0.4, -0.2) is 57.6 Å². The molecule has 1 aromatic rings. The highest BCUT2D eigenvalue weighted by Gasteiger charge is 2.34. The molecule has 1 unspecified atom stereocenters. The summed E-state index contributed by atoms with van der Waals surface area (Å²) in [5, 5.41) is 8.97. The Kier molecular flexibility index (Phi) is 4.22. The third kappa shape index (κ3) is 3.24. The summed E-state index contributed by atoms with van der Waals surface area (Å²) in [6.45, 7) is 6.46. The number of carbonyl (C=O) groups is 1. The van der Waals surface area contributed by atoms with Crippen LogP contribution in [0, 0.1) is 0 Å². The molecule has 2 fully saturated rings. The molecule has 5 nitrogen and oxygen atoms in total. The fourth-order valence-electron chi connectivity index (χ4n) is 3.46. The number of hydrogen-bond acceptors (Lipinski definition) is 4. The number of aromatic nitrogens is 1. The number of aromatic carboxylic acids is 1. The predicted octanol–water partition coefficient (Wildman–Crippen LogP) is 1.84. The van der Waals surface area contributed by atoms with Crippen molar-refractivity contribution in [3.63, 3.8) is 0 Å². The van der Waals surface area contributed by atoms with E-state index in [1.54, 1.807) is 12.1 Å². The maximum Gasteiger partial charge on any atom is 0.354 e. The van der Waals surface area contributed by atoms with E-state index < -0.39 is 5.97 Å². The zero-order valence-corrected chi connectivity index (χ0v) is 12.5. The van der Waals surface area contributed by atoms with Crippen molar-refractivity contribution in [2.45, 2.75) is 44.8 Å². The fourth-order valence-corrected chi connectivity index (χ4v) is 3.46. The first-order chi connectivity index (χ1) is 10.1. The van der Waals surface area contributed by atoms with E-state index in [0.29, 0.717) is 12.1 Å². The molecule has 1 atom stereocenters. The van der Waals surface area contributed by atoms with Crippen molar-refractivity contribution < 1.29 is 9.90 Å². The van der Waals surface area contributed by atoms with Gasteiger partial charge in [-0.15, -0.1) is 0 Å². The maximum atomic E-state index is 10.9. The highest BCUT2D eigenvalue weighted by atomic mass is 16.4. The molecule has 2 saturated heterocycles. The van der Waals surface area contributed by atoms with Crippen molar-refractivity contribution in [3.05, 3.63) is 29.6 Å². The van der Waals surface area contributed by atoms with Gasteiger partial charge in [0.05, 0.1) is 5.69 Å². The third-order valence-electron chi connectivity index (χ3n) is 4.67. The third-order valence-corrected chi connectivity index (χ3v) is 4.67. The molecule has 0 amide bonds. The summed E-state index contributed by atoms with van der Waals surface area (Å²) in [5.74, 6) is -0.958. The van der Waals surface area contributed by atoms with Crippen LogP contribution in [0.25, 0.3) is 0 Å². The largest absolute Gasteiger partial charge is 0.477 e. The molecule has 1 N–H and O–H groups in total. The van der Waals surface area contributed by atoms with E-state index in [-0.39, 0.29) is 5.69 Å². The number of piperidine rings is 1. The first kappa shape index (κ1) is 14.5. The Hall–Kier alpha value is -1.46. The standard InChI is InChI=1S/C16H23N3O2/c1-12-5-2-3-8-19(12)14-10-18(11-14)9-13-6-4-7-15(17-13)16(20)21/h4,6-7,12,14H,2-3,5,8-11H2,1H3,(H,20,21). The van der Waals surface area contributed by atoms with Gasteiger partial charge in [-0.1, -0.05) is 12.5 Å². The lowest BCUT2D eigenvalue weighted by Gasteiger charge is -2.49. The second-order valence-electron chi connectivity index (χ2n) is 6.25. The summed E-state index contributed by atoms with van der Waals surface area (Å²) in [7, 11) is 0. The van der Waals surface area contributed by atoms with E-state index in [1.807, 2.05) is 6.07 Å². The van der Waals surface area contributed by atoms with E-state index in [4.69, 9.17) is 5.11 Å². The number of pyridine rings is 1. The van der Waals surface area contributed by atoms with Gasteiger partial charge in [-0.2, -0.15) is 0 Å². The van der Waals surface area contributed by atoms with Gasteiger partial charge in [-0.3, -0.25) is 9.80 Å². The van der Waals surface area contributed by atoms with Crippen molar-refractivity contribution in [2.24, 2.45) is 0 Å². The summed E-state index contributed by atoms with van der Waals surface area (Å²) >= 11 is 0. The SMILES string of the molecule is CC1CCCCN1C1CN(Cc2cccc(C(=O)O)n2)C1. The van der Waals surface area contributed by atoms with E-state index in [2.05, 4.69) is 21.7 Å². The van der Waals surface area contributed by atoms with Gasteiger partial charge in [0.15, 0.2) is 0 Å². The summed E-state index contributed by atoms with van der Waals surface area (Å²) < 4.78 is 0. The van der Waals surface area contributed by atoms with Gasteiger partial charge in [-0.25, -0.2) is 9.78 Å². The van der Waals surface area contributed by atoms with E-state index in [0.717, 1.165) is 25.3 Å². The molecule has 0 bridgehead atoms.